The zero-order chi connectivity index (χ0) is 55.2. The molecule has 0 saturated heterocycles. The molecule has 4 aromatic rings. The molecule has 4 rings (SSSR count). The third-order valence-electron chi connectivity index (χ3n) is 9.11. The molecule has 0 spiro atoms. The molecule has 0 aromatic heterocycles. The molecule has 0 unspecified atom stereocenters. The van der Waals surface area contributed by atoms with Crippen LogP contribution in [0.2, 0.25) is 0 Å². The van der Waals surface area contributed by atoms with Crippen LogP contribution in [-0.4, -0.2) is 132 Å². The largest absolute Gasteiger partial charge is 0.479 e. The number of alkyl carbamates (subject to hydrolysis) is 4. The van der Waals surface area contributed by atoms with Gasteiger partial charge in [0, 0.05) is 26.2 Å². The number of carbonyl (C=O) groups excluding carboxylic acids is 5. The van der Waals surface area contributed by atoms with Crippen LogP contribution < -0.4 is 32.3 Å². The summed E-state index contributed by atoms with van der Waals surface area (Å²) in [5, 5.41) is 22.1. The van der Waals surface area contributed by atoms with E-state index in [1.54, 1.807) is 75.4 Å². The number of carboxylic acid groups (broad SMARTS) is 1. The van der Waals surface area contributed by atoms with E-state index in [2.05, 4.69) is 26.6 Å². The second-order valence-electron chi connectivity index (χ2n) is 17.8. The third-order valence-corrected chi connectivity index (χ3v) is 9.11. The molecule has 0 aliphatic carbocycles. The van der Waals surface area contributed by atoms with Crippen LogP contribution in [0.4, 0.5) is 19.2 Å². The van der Waals surface area contributed by atoms with Crippen LogP contribution in [0.25, 0.3) is 0 Å². The van der Waals surface area contributed by atoms with Crippen molar-refractivity contribution in [3.05, 3.63) is 144 Å². The Morgan fingerprint density at radius 1 is 0.461 bits per heavy atom. The van der Waals surface area contributed by atoms with E-state index in [1.165, 1.54) is 0 Å². The first-order valence-corrected chi connectivity index (χ1v) is 24.4. The molecule has 0 saturated carbocycles. The molecule has 0 aliphatic rings. The molecule has 4 aromatic carbocycles. The summed E-state index contributed by atoms with van der Waals surface area (Å²) in [5.41, 5.74) is 7.03. The van der Waals surface area contributed by atoms with Crippen LogP contribution in [0.3, 0.4) is 0 Å². The van der Waals surface area contributed by atoms with Crippen LogP contribution in [0.1, 0.15) is 83.3 Å². The van der Waals surface area contributed by atoms with Gasteiger partial charge in [0.25, 0.3) is 0 Å². The number of amides is 5. The van der Waals surface area contributed by atoms with Crippen LogP contribution >= 0.6 is 0 Å². The summed E-state index contributed by atoms with van der Waals surface area (Å²) >= 11 is 0. The smallest absolute Gasteiger partial charge is 0.408 e. The van der Waals surface area contributed by atoms with E-state index in [0.717, 1.165) is 11.1 Å². The normalized spacial score (nSPS) is 11.4. The number of ether oxygens (including phenoxy) is 8. The van der Waals surface area contributed by atoms with Gasteiger partial charge in [0.05, 0.1) is 52.9 Å². The van der Waals surface area contributed by atoms with E-state index in [-0.39, 0.29) is 39.7 Å². The Kier molecular flexibility index (Phi) is 34.4. The molecular weight excluding hydrogens is 985 g/mol. The lowest BCUT2D eigenvalue weighted by Crippen LogP contribution is -2.41. The first kappa shape index (κ1) is 66.7. The van der Waals surface area contributed by atoms with E-state index in [4.69, 9.17) is 43.6 Å². The number of carbonyl (C=O) groups is 6. The van der Waals surface area contributed by atoms with Gasteiger partial charge in [0.1, 0.15) is 30.5 Å². The molecule has 8 N–H and O–H groups in total. The Morgan fingerprint density at radius 3 is 1.14 bits per heavy atom. The summed E-state index contributed by atoms with van der Waals surface area (Å²) in [6.07, 6.45) is -2.38. The summed E-state index contributed by atoms with van der Waals surface area (Å²) in [6.45, 7) is 15.8. The van der Waals surface area contributed by atoms with Gasteiger partial charge in [-0.3, -0.25) is 4.79 Å². The number of nitrogens with two attached hydrogens (primary N) is 1. The second kappa shape index (κ2) is 39.2. The van der Waals surface area contributed by atoms with E-state index < -0.39 is 53.6 Å². The molecule has 0 bridgehead atoms. The van der Waals surface area contributed by atoms with Gasteiger partial charge in [-0.05, 0) is 63.8 Å². The fourth-order valence-corrected chi connectivity index (χ4v) is 5.80. The molecule has 0 radical (unpaired) electrons. The Morgan fingerprint density at radius 2 is 0.789 bits per heavy atom. The Bertz CT molecular complexity index is 2200. The SMILES string of the molecule is C.CC(C)(C)OC(=O)NCCOCCOCCN.CC(C)(C)OC(=O)NCCOCCOCCNC(=O)[C@@H](NC(=O)OCc1ccccc1)c1ccccc1.O=C(N[C@H](C(=O)O)c1ccccc1)OCc1ccccc1. The van der Waals surface area contributed by atoms with Crippen molar-refractivity contribution in [3.63, 3.8) is 0 Å². The number of rotatable bonds is 27. The highest BCUT2D eigenvalue weighted by Gasteiger charge is 2.24. The van der Waals surface area contributed by atoms with Crippen molar-refractivity contribution in [1.82, 2.24) is 26.6 Å². The highest BCUT2D eigenvalue weighted by Crippen LogP contribution is 2.15. The maximum Gasteiger partial charge on any atom is 0.408 e. The fraction of sp³-hybridized carbons (Fsp3) is 0.455. The highest BCUT2D eigenvalue weighted by atomic mass is 16.6. The number of hydrogen-bond donors (Lipinski definition) is 7. The molecular formula is C55H80N6O15. The van der Waals surface area contributed by atoms with Gasteiger partial charge in [-0.2, -0.15) is 0 Å². The van der Waals surface area contributed by atoms with E-state index in [9.17, 15) is 33.9 Å². The lowest BCUT2D eigenvalue weighted by molar-refractivity contribution is -0.139. The Hall–Kier alpha value is -7.30. The molecule has 5 amide bonds. The maximum atomic E-state index is 12.8. The van der Waals surface area contributed by atoms with Crippen LogP contribution in [0, 0.1) is 0 Å². The molecule has 420 valence electrons. The van der Waals surface area contributed by atoms with Gasteiger partial charge in [-0.25, -0.2) is 24.0 Å². The quantitative estimate of drug-likeness (QED) is 0.0229. The van der Waals surface area contributed by atoms with Gasteiger partial charge in [0.15, 0.2) is 6.04 Å². The molecule has 76 heavy (non-hydrogen) atoms. The second-order valence-corrected chi connectivity index (χ2v) is 17.8. The van der Waals surface area contributed by atoms with E-state index >= 15 is 0 Å². The monoisotopic (exact) mass is 1060 g/mol. The lowest BCUT2D eigenvalue weighted by atomic mass is 10.1. The Labute approximate surface area is 447 Å². The van der Waals surface area contributed by atoms with Crippen molar-refractivity contribution >= 4 is 36.2 Å². The van der Waals surface area contributed by atoms with Crippen LogP contribution in [0.15, 0.2) is 121 Å². The van der Waals surface area contributed by atoms with Crippen molar-refractivity contribution in [1.29, 1.82) is 0 Å². The zero-order valence-electron chi connectivity index (χ0n) is 43.8. The summed E-state index contributed by atoms with van der Waals surface area (Å²) in [5.74, 6) is -1.52. The minimum atomic E-state index is -1.14. The Balaban J connectivity index is 0.000000625. The van der Waals surface area contributed by atoms with E-state index in [1.807, 2.05) is 87.5 Å². The average molecular weight is 1070 g/mol. The van der Waals surface area contributed by atoms with E-state index in [0.29, 0.717) is 77.0 Å². The number of hydrogen-bond acceptors (Lipinski definition) is 15. The summed E-state index contributed by atoms with van der Waals surface area (Å²) in [4.78, 5) is 70.8. The van der Waals surface area contributed by atoms with Gasteiger partial charge < -0.3 is 75.3 Å². The van der Waals surface area contributed by atoms with Crippen molar-refractivity contribution in [2.24, 2.45) is 5.73 Å². The third kappa shape index (κ3) is 34.2. The standard InChI is InChI=1S/C27H37N3O7.C16H15NO4.C11H24N2O4.CH4/c1-27(2,3)37-25(32)29-15-17-35-19-18-34-16-14-28-24(31)23(22-12-8-5-9-13-22)30-26(33)36-20-21-10-6-4-7-11-21;18-15(19)14(13-9-5-2-6-10-13)17-16(20)21-11-12-7-3-1-4-8-12;1-11(2,3)17-10(14)13-5-7-16-9-8-15-6-4-12;/h4-13,23H,14-20H2,1-3H3,(H,28,31)(H,29,32)(H,30,33);1-10,14H,11H2,(H,17,20)(H,18,19);4-9,12H2,1-3H3,(H,13,14);1H4/t23-;14-;;/m00../s1. The number of benzene rings is 4. The fourth-order valence-electron chi connectivity index (χ4n) is 5.80. The lowest BCUT2D eigenvalue weighted by Gasteiger charge is -2.19. The topological polar surface area (TPSA) is 283 Å². The minimum Gasteiger partial charge on any atom is -0.479 e. The average Bonchev–Trinajstić information content (AvgIpc) is 3.37. The van der Waals surface area contributed by atoms with Crippen LogP contribution in [0.5, 0.6) is 0 Å². The van der Waals surface area contributed by atoms with Gasteiger partial charge in [-0.1, -0.05) is 129 Å². The predicted molar refractivity (Wildman–Crippen MR) is 286 cm³/mol. The zero-order valence-corrected chi connectivity index (χ0v) is 43.8. The molecule has 0 heterocycles. The first-order valence-electron chi connectivity index (χ1n) is 24.4. The van der Waals surface area contributed by atoms with Gasteiger partial charge in [0.2, 0.25) is 5.91 Å². The molecule has 2 atom stereocenters. The molecule has 0 fully saturated rings. The molecule has 21 heteroatoms. The summed E-state index contributed by atoms with van der Waals surface area (Å²) in [7, 11) is 0. The van der Waals surface area contributed by atoms with Gasteiger partial charge >= 0.3 is 30.3 Å². The number of nitrogens with one attached hydrogen (secondary N) is 5. The summed E-state index contributed by atoms with van der Waals surface area (Å²) < 4.78 is 41.7. The summed E-state index contributed by atoms with van der Waals surface area (Å²) in [6, 6.07) is 33.8. The molecule has 0 aliphatic heterocycles. The van der Waals surface area contributed by atoms with Crippen LogP contribution in [-0.2, 0) is 60.7 Å². The van der Waals surface area contributed by atoms with Crippen molar-refractivity contribution in [2.75, 3.05) is 79.0 Å². The minimum absolute atomic E-state index is 0. The highest BCUT2D eigenvalue weighted by molar-refractivity contribution is 5.87. The predicted octanol–water partition coefficient (Wildman–Crippen LogP) is 7.21. The first-order chi connectivity index (χ1) is 35.9. The van der Waals surface area contributed by atoms with Crippen molar-refractivity contribution < 1.29 is 71.8 Å². The maximum absolute atomic E-state index is 12.8. The molecule has 21 nitrogen and oxygen atoms in total. The number of carboxylic acids is 1. The number of aliphatic carboxylic acids is 1. The van der Waals surface area contributed by atoms with Crippen molar-refractivity contribution in [3.8, 4) is 0 Å². The van der Waals surface area contributed by atoms with Gasteiger partial charge in [-0.15, -0.1) is 0 Å². The van der Waals surface area contributed by atoms with Crippen molar-refractivity contribution in [2.45, 2.75) is 85.5 Å².